The summed E-state index contributed by atoms with van der Waals surface area (Å²) in [5, 5.41) is 3.23. The molecule has 2 rings (SSSR count). The zero-order valence-corrected chi connectivity index (χ0v) is 11.2. The first-order valence-corrected chi connectivity index (χ1v) is 6.35. The number of benzene rings is 1. The molecule has 3 nitrogen and oxygen atoms in total. The molecule has 1 N–H and O–H groups in total. The van der Waals surface area contributed by atoms with Crippen LogP contribution in [0.4, 0.5) is 5.95 Å². The van der Waals surface area contributed by atoms with Gasteiger partial charge < -0.3 is 5.32 Å². The maximum Gasteiger partial charge on any atom is 0.223 e. The fraction of sp³-hybridized carbons (Fsp3) is 0.333. The fourth-order valence-corrected chi connectivity index (χ4v) is 1.76. The van der Waals surface area contributed by atoms with Gasteiger partial charge in [-0.05, 0) is 26.3 Å². The summed E-state index contributed by atoms with van der Waals surface area (Å²) in [7, 11) is 0. The fourth-order valence-electron chi connectivity index (χ4n) is 1.76. The highest BCUT2D eigenvalue weighted by molar-refractivity contribution is 5.61. The van der Waals surface area contributed by atoms with Crippen molar-refractivity contribution in [3.8, 4) is 11.3 Å². The van der Waals surface area contributed by atoms with Crippen molar-refractivity contribution in [3.63, 3.8) is 0 Å². The van der Waals surface area contributed by atoms with Crippen LogP contribution in [0.3, 0.4) is 0 Å². The zero-order valence-electron chi connectivity index (χ0n) is 11.2. The molecule has 0 bridgehead atoms. The minimum absolute atomic E-state index is 0.715. The molecule has 1 heterocycles. The van der Waals surface area contributed by atoms with Crippen molar-refractivity contribution >= 4 is 5.95 Å². The number of hydrogen-bond acceptors (Lipinski definition) is 3. The number of nitrogens with zero attached hydrogens (tertiary/aromatic N) is 2. The van der Waals surface area contributed by atoms with E-state index in [1.54, 1.807) is 0 Å². The molecular formula is C15H19N3. The highest BCUT2D eigenvalue weighted by Gasteiger charge is 2.04. The van der Waals surface area contributed by atoms with E-state index in [9.17, 15) is 0 Å². The summed E-state index contributed by atoms with van der Waals surface area (Å²) in [6, 6.07) is 10.4. The van der Waals surface area contributed by atoms with Crippen molar-refractivity contribution in [1.82, 2.24) is 9.97 Å². The predicted molar refractivity (Wildman–Crippen MR) is 75.7 cm³/mol. The Labute approximate surface area is 108 Å². The van der Waals surface area contributed by atoms with Crippen LogP contribution in [-0.4, -0.2) is 16.5 Å². The number of nitrogens with one attached hydrogen (secondary N) is 1. The predicted octanol–water partition coefficient (Wildman–Crippen LogP) is 3.58. The van der Waals surface area contributed by atoms with Gasteiger partial charge in [0, 0.05) is 17.8 Å². The molecular weight excluding hydrogens is 222 g/mol. The maximum absolute atomic E-state index is 4.55. The zero-order chi connectivity index (χ0) is 13.0. The van der Waals surface area contributed by atoms with E-state index in [-0.39, 0.29) is 0 Å². The van der Waals surface area contributed by atoms with Gasteiger partial charge in [-0.2, -0.15) is 0 Å². The summed E-state index contributed by atoms with van der Waals surface area (Å²) < 4.78 is 0. The topological polar surface area (TPSA) is 37.8 Å². The van der Waals surface area contributed by atoms with Gasteiger partial charge in [0.25, 0.3) is 0 Å². The first kappa shape index (κ1) is 12.6. The quantitative estimate of drug-likeness (QED) is 0.889. The summed E-state index contributed by atoms with van der Waals surface area (Å²) in [6.45, 7) is 7.11. The molecule has 0 unspecified atom stereocenters. The van der Waals surface area contributed by atoms with E-state index in [1.165, 1.54) is 5.56 Å². The first-order valence-electron chi connectivity index (χ1n) is 6.35. The number of aromatic nitrogens is 2. The van der Waals surface area contributed by atoms with Gasteiger partial charge in [-0.25, -0.2) is 9.97 Å². The third kappa shape index (κ3) is 3.06. The average molecular weight is 241 g/mol. The lowest BCUT2D eigenvalue weighted by molar-refractivity contribution is 0.947. The Bertz CT molecular complexity index is 518. The van der Waals surface area contributed by atoms with Gasteiger partial charge in [-0.3, -0.25) is 0 Å². The summed E-state index contributed by atoms with van der Waals surface area (Å²) >= 11 is 0. The van der Waals surface area contributed by atoms with Gasteiger partial charge in [-0.15, -0.1) is 0 Å². The highest BCUT2D eigenvalue weighted by Crippen LogP contribution is 2.19. The van der Waals surface area contributed by atoms with Crippen molar-refractivity contribution in [2.45, 2.75) is 27.2 Å². The molecule has 0 spiro atoms. The maximum atomic E-state index is 4.55. The highest BCUT2D eigenvalue weighted by atomic mass is 15.1. The van der Waals surface area contributed by atoms with E-state index in [4.69, 9.17) is 0 Å². The second kappa shape index (κ2) is 5.63. The Balaban J connectivity index is 2.32. The summed E-state index contributed by atoms with van der Waals surface area (Å²) in [5.74, 6) is 0.715. The van der Waals surface area contributed by atoms with Gasteiger partial charge in [-0.1, -0.05) is 36.8 Å². The Kier molecular flexibility index (Phi) is 3.92. The van der Waals surface area contributed by atoms with Gasteiger partial charge >= 0.3 is 0 Å². The van der Waals surface area contributed by atoms with E-state index >= 15 is 0 Å². The third-order valence-electron chi connectivity index (χ3n) is 2.73. The lowest BCUT2D eigenvalue weighted by atomic mass is 10.1. The van der Waals surface area contributed by atoms with E-state index in [1.807, 2.05) is 13.0 Å². The molecule has 1 aromatic carbocycles. The molecule has 18 heavy (non-hydrogen) atoms. The second-order valence-electron chi connectivity index (χ2n) is 4.51. The van der Waals surface area contributed by atoms with Crippen LogP contribution < -0.4 is 5.32 Å². The molecule has 2 aromatic rings. The molecule has 0 aliphatic carbocycles. The Hall–Kier alpha value is -1.90. The van der Waals surface area contributed by atoms with Crippen molar-refractivity contribution < 1.29 is 0 Å². The van der Waals surface area contributed by atoms with Crippen molar-refractivity contribution in [1.29, 1.82) is 0 Å². The van der Waals surface area contributed by atoms with E-state index in [0.29, 0.717) is 5.95 Å². The molecule has 0 radical (unpaired) electrons. The molecule has 0 aliphatic rings. The van der Waals surface area contributed by atoms with Crippen LogP contribution >= 0.6 is 0 Å². The van der Waals surface area contributed by atoms with E-state index in [0.717, 1.165) is 29.9 Å². The normalized spacial score (nSPS) is 10.4. The van der Waals surface area contributed by atoms with Crippen molar-refractivity contribution in [3.05, 3.63) is 41.6 Å². The molecule has 0 saturated heterocycles. The van der Waals surface area contributed by atoms with E-state index < -0.39 is 0 Å². The van der Waals surface area contributed by atoms with E-state index in [2.05, 4.69) is 53.4 Å². The molecule has 0 fully saturated rings. The molecule has 0 amide bonds. The molecule has 94 valence electrons. The molecule has 1 aromatic heterocycles. The van der Waals surface area contributed by atoms with Gasteiger partial charge in [0.15, 0.2) is 0 Å². The average Bonchev–Trinajstić information content (AvgIpc) is 2.36. The number of aryl methyl sites for hydroxylation is 2. The minimum atomic E-state index is 0.715. The van der Waals surface area contributed by atoms with Gasteiger partial charge in [0.1, 0.15) is 0 Å². The number of anilines is 1. The first-order chi connectivity index (χ1) is 8.69. The smallest absolute Gasteiger partial charge is 0.223 e. The lowest BCUT2D eigenvalue weighted by Crippen LogP contribution is -2.05. The largest absolute Gasteiger partial charge is 0.354 e. The van der Waals surface area contributed by atoms with Gasteiger partial charge in [0.2, 0.25) is 5.95 Å². The van der Waals surface area contributed by atoms with Crippen LogP contribution in [0.5, 0.6) is 0 Å². The van der Waals surface area contributed by atoms with Crippen LogP contribution in [0, 0.1) is 13.8 Å². The van der Waals surface area contributed by atoms with Crippen molar-refractivity contribution in [2.75, 3.05) is 11.9 Å². The SMILES string of the molecule is CCCNc1nc(C)cc(-c2ccc(C)cc2)n1. The number of hydrogen-bond donors (Lipinski definition) is 1. The standard InChI is InChI=1S/C15H19N3/c1-4-9-16-15-17-12(3)10-14(18-15)13-7-5-11(2)6-8-13/h5-8,10H,4,9H2,1-3H3,(H,16,17,18). The number of rotatable bonds is 4. The summed E-state index contributed by atoms with van der Waals surface area (Å²) in [6.07, 6.45) is 1.07. The molecule has 3 heteroatoms. The van der Waals surface area contributed by atoms with Crippen LogP contribution in [-0.2, 0) is 0 Å². The lowest BCUT2D eigenvalue weighted by Gasteiger charge is -2.07. The molecule has 0 aliphatic heterocycles. The summed E-state index contributed by atoms with van der Waals surface area (Å²) in [5.41, 5.74) is 4.35. The van der Waals surface area contributed by atoms with Gasteiger partial charge in [0.05, 0.1) is 5.69 Å². The van der Waals surface area contributed by atoms with Crippen LogP contribution in [0.25, 0.3) is 11.3 Å². The molecule has 0 atom stereocenters. The van der Waals surface area contributed by atoms with Crippen LogP contribution in [0.2, 0.25) is 0 Å². The minimum Gasteiger partial charge on any atom is -0.354 e. The summed E-state index contributed by atoms with van der Waals surface area (Å²) in [4.78, 5) is 8.94. The van der Waals surface area contributed by atoms with Crippen LogP contribution in [0.15, 0.2) is 30.3 Å². The Morgan fingerprint density at radius 2 is 1.78 bits per heavy atom. The Morgan fingerprint density at radius 3 is 2.44 bits per heavy atom. The molecule has 0 saturated carbocycles. The second-order valence-corrected chi connectivity index (χ2v) is 4.51. The Morgan fingerprint density at radius 1 is 1.06 bits per heavy atom. The van der Waals surface area contributed by atoms with Crippen LogP contribution in [0.1, 0.15) is 24.6 Å². The van der Waals surface area contributed by atoms with Crippen molar-refractivity contribution in [2.24, 2.45) is 0 Å². The monoisotopic (exact) mass is 241 g/mol. The third-order valence-corrected chi connectivity index (χ3v) is 2.73.